The Balaban J connectivity index is 2.46. The lowest BCUT2D eigenvalue weighted by molar-refractivity contribution is -0.139. The largest absolute Gasteiger partial charge is 0.481 e. The molecule has 0 radical (unpaired) electrons. The highest BCUT2D eigenvalue weighted by Crippen LogP contribution is 2.27. The van der Waals surface area contributed by atoms with Gasteiger partial charge >= 0.3 is 5.97 Å². The number of carboxylic acids is 1. The van der Waals surface area contributed by atoms with E-state index in [2.05, 4.69) is 13.8 Å². The van der Waals surface area contributed by atoms with Gasteiger partial charge in [0.1, 0.15) is 0 Å². The van der Waals surface area contributed by atoms with Crippen LogP contribution in [0.1, 0.15) is 58.8 Å². The number of carbonyl (C=O) groups excluding carboxylic acids is 1. The summed E-state index contributed by atoms with van der Waals surface area (Å²) in [5, 5.41) is 8.76. The van der Waals surface area contributed by atoms with Crippen molar-refractivity contribution >= 4 is 11.9 Å². The predicted molar refractivity (Wildman–Crippen MR) is 74.9 cm³/mol. The Morgan fingerprint density at radius 3 is 2.37 bits per heavy atom. The molecule has 4 nitrogen and oxygen atoms in total. The molecule has 1 fully saturated rings. The fourth-order valence-electron chi connectivity index (χ4n) is 2.76. The summed E-state index contributed by atoms with van der Waals surface area (Å²) in [6.07, 6.45) is 6.71. The van der Waals surface area contributed by atoms with E-state index >= 15 is 0 Å². The Morgan fingerprint density at radius 2 is 1.84 bits per heavy atom. The summed E-state index contributed by atoms with van der Waals surface area (Å²) in [6.45, 7) is 5.13. The van der Waals surface area contributed by atoms with Crippen molar-refractivity contribution in [1.82, 2.24) is 4.90 Å². The first-order valence-electron chi connectivity index (χ1n) is 7.48. The number of carbonyl (C=O) groups is 2. The molecule has 0 saturated heterocycles. The van der Waals surface area contributed by atoms with Gasteiger partial charge in [-0.1, -0.05) is 33.1 Å². The highest BCUT2D eigenvalue weighted by molar-refractivity contribution is 5.77. The zero-order valence-electron chi connectivity index (χ0n) is 12.2. The summed E-state index contributed by atoms with van der Waals surface area (Å²) in [4.78, 5) is 24.7. The molecular weight excluding hydrogens is 242 g/mol. The molecular formula is C15H27NO3. The van der Waals surface area contributed by atoms with Crippen LogP contribution in [0.2, 0.25) is 0 Å². The average molecular weight is 269 g/mol. The summed E-state index contributed by atoms with van der Waals surface area (Å²) < 4.78 is 0. The standard InChI is InChI=1S/C15H27NO3/c1-12(2)11-16(9-8-15(18)19)14(17)10-13-6-4-3-5-7-13/h12-13H,3-11H2,1-2H3,(H,18,19). The molecule has 1 amide bonds. The molecule has 0 aromatic rings. The molecule has 0 spiro atoms. The van der Waals surface area contributed by atoms with E-state index in [-0.39, 0.29) is 12.3 Å². The maximum Gasteiger partial charge on any atom is 0.305 e. The van der Waals surface area contributed by atoms with E-state index in [9.17, 15) is 9.59 Å². The monoisotopic (exact) mass is 269 g/mol. The van der Waals surface area contributed by atoms with Gasteiger partial charge in [-0.3, -0.25) is 9.59 Å². The second-order valence-corrected chi connectivity index (χ2v) is 6.09. The molecule has 0 heterocycles. The minimum absolute atomic E-state index is 0.0448. The third kappa shape index (κ3) is 6.60. The van der Waals surface area contributed by atoms with Crippen LogP contribution in [-0.2, 0) is 9.59 Å². The smallest absolute Gasteiger partial charge is 0.305 e. The van der Waals surface area contributed by atoms with Crippen LogP contribution in [0.3, 0.4) is 0 Å². The molecule has 1 aliphatic rings. The Hall–Kier alpha value is -1.06. The zero-order valence-corrected chi connectivity index (χ0v) is 12.2. The molecule has 0 aromatic carbocycles. The van der Waals surface area contributed by atoms with Crippen LogP contribution < -0.4 is 0 Å². The van der Waals surface area contributed by atoms with E-state index < -0.39 is 5.97 Å². The second-order valence-electron chi connectivity index (χ2n) is 6.09. The average Bonchev–Trinajstić information content (AvgIpc) is 2.35. The van der Waals surface area contributed by atoms with Crippen LogP contribution in [0.25, 0.3) is 0 Å². The highest BCUT2D eigenvalue weighted by Gasteiger charge is 2.21. The number of amides is 1. The zero-order chi connectivity index (χ0) is 14.3. The van der Waals surface area contributed by atoms with Gasteiger partial charge in [0, 0.05) is 19.5 Å². The molecule has 0 bridgehead atoms. The van der Waals surface area contributed by atoms with Crippen LogP contribution in [-0.4, -0.2) is 35.0 Å². The van der Waals surface area contributed by atoms with E-state index in [4.69, 9.17) is 5.11 Å². The number of hydrogen-bond acceptors (Lipinski definition) is 2. The Kier molecular flexibility index (Phi) is 6.89. The van der Waals surface area contributed by atoms with Crippen molar-refractivity contribution in [2.24, 2.45) is 11.8 Å². The Labute approximate surface area is 116 Å². The van der Waals surface area contributed by atoms with Crippen LogP contribution in [0.5, 0.6) is 0 Å². The third-order valence-electron chi connectivity index (χ3n) is 3.72. The van der Waals surface area contributed by atoms with Crippen LogP contribution in [0.4, 0.5) is 0 Å². The quantitative estimate of drug-likeness (QED) is 0.773. The summed E-state index contributed by atoms with van der Waals surface area (Å²) in [6, 6.07) is 0. The van der Waals surface area contributed by atoms with Gasteiger partial charge in [-0.15, -0.1) is 0 Å². The van der Waals surface area contributed by atoms with Crippen molar-refractivity contribution in [3.63, 3.8) is 0 Å². The Bertz CT molecular complexity index is 296. The van der Waals surface area contributed by atoms with E-state index in [1.54, 1.807) is 4.90 Å². The molecule has 0 atom stereocenters. The molecule has 4 heteroatoms. The lowest BCUT2D eigenvalue weighted by Crippen LogP contribution is -2.37. The molecule has 1 saturated carbocycles. The van der Waals surface area contributed by atoms with Gasteiger partial charge in [0.05, 0.1) is 6.42 Å². The van der Waals surface area contributed by atoms with E-state index in [1.807, 2.05) is 0 Å². The van der Waals surface area contributed by atoms with Gasteiger partial charge in [-0.05, 0) is 24.7 Å². The van der Waals surface area contributed by atoms with E-state index in [1.165, 1.54) is 19.3 Å². The lowest BCUT2D eigenvalue weighted by Gasteiger charge is -2.27. The van der Waals surface area contributed by atoms with E-state index in [0.717, 1.165) is 12.8 Å². The SMILES string of the molecule is CC(C)CN(CCC(=O)O)C(=O)CC1CCCCC1. The molecule has 1 N–H and O–H groups in total. The first-order chi connectivity index (χ1) is 8.99. The second kappa shape index (κ2) is 8.18. The maximum absolute atomic E-state index is 12.3. The van der Waals surface area contributed by atoms with Crippen molar-refractivity contribution in [3.8, 4) is 0 Å². The number of nitrogens with zero attached hydrogens (tertiary/aromatic N) is 1. The first kappa shape index (κ1) is 16.0. The van der Waals surface area contributed by atoms with Gasteiger partial charge in [-0.25, -0.2) is 0 Å². The van der Waals surface area contributed by atoms with Crippen LogP contribution >= 0.6 is 0 Å². The van der Waals surface area contributed by atoms with Crippen LogP contribution in [0.15, 0.2) is 0 Å². The third-order valence-corrected chi connectivity index (χ3v) is 3.72. The highest BCUT2D eigenvalue weighted by atomic mass is 16.4. The topological polar surface area (TPSA) is 57.6 Å². The summed E-state index contributed by atoms with van der Waals surface area (Å²) in [7, 11) is 0. The van der Waals surface area contributed by atoms with Crippen molar-refractivity contribution < 1.29 is 14.7 Å². The summed E-state index contributed by atoms with van der Waals surface area (Å²) >= 11 is 0. The van der Waals surface area contributed by atoms with Crippen molar-refractivity contribution in [1.29, 1.82) is 0 Å². The van der Waals surface area contributed by atoms with E-state index in [0.29, 0.717) is 31.3 Å². The lowest BCUT2D eigenvalue weighted by atomic mass is 9.86. The fraction of sp³-hybridized carbons (Fsp3) is 0.867. The molecule has 1 rings (SSSR count). The Morgan fingerprint density at radius 1 is 1.21 bits per heavy atom. The number of carboxylic acid groups (broad SMARTS) is 1. The summed E-state index contributed by atoms with van der Waals surface area (Å²) in [5.41, 5.74) is 0. The van der Waals surface area contributed by atoms with Crippen molar-refractivity contribution in [2.75, 3.05) is 13.1 Å². The minimum Gasteiger partial charge on any atom is -0.481 e. The normalized spacial score (nSPS) is 16.6. The first-order valence-corrected chi connectivity index (χ1v) is 7.48. The minimum atomic E-state index is -0.834. The van der Waals surface area contributed by atoms with Gasteiger partial charge in [0.15, 0.2) is 0 Å². The molecule has 0 aromatic heterocycles. The number of rotatable bonds is 7. The fourth-order valence-corrected chi connectivity index (χ4v) is 2.76. The van der Waals surface area contributed by atoms with Crippen molar-refractivity contribution in [2.45, 2.75) is 58.8 Å². The molecule has 110 valence electrons. The summed E-state index contributed by atoms with van der Waals surface area (Å²) in [5.74, 6) is 0.200. The van der Waals surface area contributed by atoms with Gasteiger partial charge < -0.3 is 10.0 Å². The molecule has 1 aliphatic carbocycles. The molecule has 19 heavy (non-hydrogen) atoms. The van der Waals surface area contributed by atoms with Gasteiger partial charge in [-0.2, -0.15) is 0 Å². The van der Waals surface area contributed by atoms with Gasteiger partial charge in [0.25, 0.3) is 0 Å². The molecule has 0 unspecified atom stereocenters. The predicted octanol–water partition coefficient (Wildman–Crippen LogP) is 2.92. The van der Waals surface area contributed by atoms with Crippen molar-refractivity contribution in [3.05, 3.63) is 0 Å². The maximum atomic E-state index is 12.3. The van der Waals surface area contributed by atoms with Crippen LogP contribution in [0, 0.1) is 11.8 Å². The number of aliphatic carboxylic acids is 1. The number of hydrogen-bond donors (Lipinski definition) is 1. The molecule has 0 aliphatic heterocycles. The van der Waals surface area contributed by atoms with Gasteiger partial charge in [0.2, 0.25) is 5.91 Å².